The molecule has 5 heteroatoms. The van der Waals surface area contributed by atoms with Crippen molar-refractivity contribution in [1.29, 1.82) is 0 Å². The molecule has 2 aliphatic rings. The zero-order chi connectivity index (χ0) is 13.8. The molecule has 4 nitrogen and oxygen atoms in total. The van der Waals surface area contributed by atoms with Crippen LogP contribution in [0.25, 0.3) is 0 Å². The molecule has 0 bridgehead atoms. The van der Waals surface area contributed by atoms with Gasteiger partial charge in [-0.1, -0.05) is 6.92 Å². The minimum absolute atomic E-state index is 0.0141. The lowest BCUT2D eigenvalue weighted by atomic mass is 9.80. The summed E-state index contributed by atoms with van der Waals surface area (Å²) in [6.45, 7) is 5.75. The van der Waals surface area contributed by atoms with E-state index in [2.05, 4.69) is 17.2 Å². The van der Waals surface area contributed by atoms with Crippen LogP contribution in [0.15, 0.2) is 11.7 Å². The van der Waals surface area contributed by atoms with Gasteiger partial charge in [0.2, 0.25) is 0 Å². The first-order valence-electron chi connectivity index (χ1n) is 7.66. The molecule has 0 radical (unpaired) electrons. The van der Waals surface area contributed by atoms with Gasteiger partial charge < -0.3 is 14.8 Å². The molecule has 0 saturated carbocycles. The van der Waals surface area contributed by atoms with Crippen LogP contribution >= 0.6 is 11.3 Å². The number of nitrogens with one attached hydrogen (secondary N) is 1. The number of ether oxygens (including phenoxy) is 2. The molecule has 112 valence electrons. The van der Waals surface area contributed by atoms with Crippen LogP contribution in [0, 0.1) is 5.92 Å². The zero-order valence-corrected chi connectivity index (χ0v) is 13.0. The highest BCUT2D eigenvalue weighted by molar-refractivity contribution is 7.09. The van der Waals surface area contributed by atoms with Crippen molar-refractivity contribution in [3.8, 4) is 0 Å². The van der Waals surface area contributed by atoms with Gasteiger partial charge in [0.15, 0.2) is 0 Å². The van der Waals surface area contributed by atoms with Gasteiger partial charge >= 0.3 is 0 Å². The van der Waals surface area contributed by atoms with Gasteiger partial charge in [0.25, 0.3) is 0 Å². The molecule has 3 unspecified atom stereocenters. The highest BCUT2D eigenvalue weighted by atomic mass is 32.1. The van der Waals surface area contributed by atoms with Gasteiger partial charge in [0, 0.05) is 36.8 Å². The summed E-state index contributed by atoms with van der Waals surface area (Å²) in [5, 5.41) is 3.72. The normalized spacial score (nSPS) is 31.8. The van der Waals surface area contributed by atoms with Crippen LogP contribution in [0.3, 0.4) is 0 Å². The van der Waals surface area contributed by atoms with Crippen molar-refractivity contribution in [3.05, 3.63) is 16.6 Å². The fourth-order valence-electron chi connectivity index (χ4n) is 3.39. The molecule has 1 spiro atoms. The lowest BCUT2D eigenvalue weighted by molar-refractivity contribution is -0.103. The Labute approximate surface area is 124 Å². The second-order valence-electron chi connectivity index (χ2n) is 5.92. The summed E-state index contributed by atoms with van der Waals surface area (Å²) >= 11 is 1.76. The van der Waals surface area contributed by atoms with Crippen molar-refractivity contribution in [2.24, 2.45) is 5.92 Å². The molecule has 3 atom stereocenters. The number of rotatable bonds is 5. The molecule has 2 fully saturated rings. The SMILES string of the molecule is CCCNC(c1cncs1)C1CCOC2(CCOC2)C1. The van der Waals surface area contributed by atoms with E-state index in [-0.39, 0.29) is 5.60 Å². The maximum absolute atomic E-state index is 6.06. The van der Waals surface area contributed by atoms with Crippen LogP contribution in [-0.2, 0) is 9.47 Å². The monoisotopic (exact) mass is 296 g/mol. The number of aromatic nitrogens is 1. The van der Waals surface area contributed by atoms with Crippen molar-refractivity contribution in [3.63, 3.8) is 0 Å². The van der Waals surface area contributed by atoms with Crippen LogP contribution < -0.4 is 5.32 Å². The number of hydrogen-bond donors (Lipinski definition) is 1. The summed E-state index contributed by atoms with van der Waals surface area (Å²) in [7, 11) is 0. The van der Waals surface area contributed by atoms with Gasteiger partial charge in [-0.3, -0.25) is 4.98 Å². The van der Waals surface area contributed by atoms with E-state index in [0.29, 0.717) is 12.0 Å². The summed E-state index contributed by atoms with van der Waals surface area (Å²) in [6.07, 6.45) is 6.46. The highest BCUT2D eigenvalue weighted by Crippen LogP contribution is 2.41. The largest absolute Gasteiger partial charge is 0.378 e. The Kier molecular flexibility index (Phi) is 4.71. The Balaban J connectivity index is 1.72. The lowest BCUT2D eigenvalue weighted by Gasteiger charge is -2.40. The summed E-state index contributed by atoms with van der Waals surface area (Å²) in [6, 6.07) is 0.420. The first-order chi connectivity index (χ1) is 9.83. The summed E-state index contributed by atoms with van der Waals surface area (Å²) in [5.41, 5.74) is 1.92. The van der Waals surface area contributed by atoms with Crippen LogP contribution in [0.1, 0.15) is 43.5 Å². The smallest absolute Gasteiger partial charge is 0.0940 e. The molecule has 0 aromatic carbocycles. The molecule has 0 amide bonds. The number of nitrogens with zero attached hydrogens (tertiary/aromatic N) is 1. The molecule has 1 aromatic heterocycles. The molecule has 2 aliphatic heterocycles. The topological polar surface area (TPSA) is 43.4 Å². The van der Waals surface area contributed by atoms with Crippen LogP contribution in [0.4, 0.5) is 0 Å². The van der Waals surface area contributed by atoms with E-state index < -0.39 is 0 Å². The van der Waals surface area contributed by atoms with E-state index in [9.17, 15) is 0 Å². The average Bonchev–Trinajstić information content (AvgIpc) is 3.12. The first kappa shape index (κ1) is 14.4. The first-order valence-corrected chi connectivity index (χ1v) is 8.54. The molecule has 3 heterocycles. The second-order valence-corrected chi connectivity index (χ2v) is 6.84. The van der Waals surface area contributed by atoms with Crippen molar-refractivity contribution in [1.82, 2.24) is 10.3 Å². The van der Waals surface area contributed by atoms with Crippen molar-refractivity contribution < 1.29 is 9.47 Å². The Morgan fingerprint density at radius 2 is 2.50 bits per heavy atom. The van der Waals surface area contributed by atoms with Crippen molar-refractivity contribution in [2.75, 3.05) is 26.4 Å². The molecular weight excluding hydrogens is 272 g/mol. The van der Waals surface area contributed by atoms with Gasteiger partial charge in [0.1, 0.15) is 0 Å². The Bertz CT molecular complexity index is 404. The van der Waals surface area contributed by atoms with Gasteiger partial charge in [-0.05, 0) is 31.7 Å². The number of thiazole rings is 1. The van der Waals surface area contributed by atoms with E-state index in [1.54, 1.807) is 11.3 Å². The van der Waals surface area contributed by atoms with E-state index >= 15 is 0 Å². The Hall–Kier alpha value is -0.490. The third kappa shape index (κ3) is 3.06. The average molecular weight is 296 g/mol. The predicted molar refractivity (Wildman–Crippen MR) is 80.0 cm³/mol. The third-order valence-corrected chi connectivity index (χ3v) is 5.30. The van der Waals surface area contributed by atoms with Crippen molar-refractivity contribution in [2.45, 2.75) is 44.2 Å². The quantitative estimate of drug-likeness (QED) is 0.907. The second kappa shape index (κ2) is 6.52. The molecule has 20 heavy (non-hydrogen) atoms. The Morgan fingerprint density at radius 1 is 1.55 bits per heavy atom. The van der Waals surface area contributed by atoms with E-state index in [0.717, 1.165) is 52.0 Å². The molecule has 1 N–H and O–H groups in total. The van der Waals surface area contributed by atoms with E-state index in [4.69, 9.17) is 9.47 Å². The highest BCUT2D eigenvalue weighted by Gasteiger charge is 2.43. The summed E-state index contributed by atoms with van der Waals surface area (Å²) in [5.74, 6) is 0.623. The van der Waals surface area contributed by atoms with Gasteiger partial charge in [-0.25, -0.2) is 0 Å². The molecular formula is C15H24N2O2S. The predicted octanol–water partition coefficient (Wildman–Crippen LogP) is 2.77. The summed E-state index contributed by atoms with van der Waals surface area (Å²) in [4.78, 5) is 5.62. The summed E-state index contributed by atoms with van der Waals surface area (Å²) < 4.78 is 11.6. The van der Waals surface area contributed by atoms with Gasteiger partial charge in [-0.15, -0.1) is 11.3 Å². The maximum Gasteiger partial charge on any atom is 0.0940 e. The van der Waals surface area contributed by atoms with Crippen molar-refractivity contribution >= 4 is 11.3 Å². The molecule has 0 aliphatic carbocycles. The molecule has 3 rings (SSSR count). The van der Waals surface area contributed by atoms with Crippen LogP contribution in [0.5, 0.6) is 0 Å². The van der Waals surface area contributed by atoms with Gasteiger partial charge in [-0.2, -0.15) is 0 Å². The fraction of sp³-hybridized carbons (Fsp3) is 0.800. The van der Waals surface area contributed by atoms with E-state index in [1.165, 1.54) is 4.88 Å². The Morgan fingerprint density at radius 3 is 3.20 bits per heavy atom. The van der Waals surface area contributed by atoms with E-state index in [1.807, 2.05) is 11.7 Å². The number of hydrogen-bond acceptors (Lipinski definition) is 5. The third-order valence-electron chi connectivity index (χ3n) is 4.44. The minimum Gasteiger partial charge on any atom is -0.378 e. The molecule has 1 aromatic rings. The lowest BCUT2D eigenvalue weighted by Crippen LogP contribution is -2.44. The van der Waals surface area contributed by atoms with Crippen LogP contribution in [-0.4, -0.2) is 37.0 Å². The van der Waals surface area contributed by atoms with Gasteiger partial charge in [0.05, 0.1) is 17.7 Å². The van der Waals surface area contributed by atoms with Crippen LogP contribution in [0.2, 0.25) is 0 Å². The molecule has 2 saturated heterocycles. The standard InChI is InChI=1S/C15H24N2O2S/c1-2-5-17-14(13-9-16-11-20-13)12-3-6-19-15(8-12)4-7-18-10-15/h9,11-12,14,17H,2-8,10H2,1H3. The minimum atomic E-state index is -0.0141. The zero-order valence-electron chi connectivity index (χ0n) is 12.1. The fourth-order valence-corrected chi connectivity index (χ4v) is 4.18. The maximum atomic E-state index is 6.06.